The second kappa shape index (κ2) is 6.72. The third-order valence-corrected chi connectivity index (χ3v) is 4.40. The Bertz CT molecular complexity index is 727. The molecule has 0 saturated carbocycles. The molecule has 0 aliphatic carbocycles. The molecular formula is C16H17N5S. The smallest absolute Gasteiger partial charge is 0.195 e. The fourth-order valence-electron chi connectivity index (χ4n) is 2.21. The van der Waals surface area contributed by atoms with E-state index in [9.17, 15) is 0 Å². The predicted octanol–water partition coefficient (Wildman–Crippen LogP) is 2.60. The lowest BCUT2D eigenvalue weighted by molar-refractivity contribution is 0.616. The maximum atomic E-state index is 6.29. The Morgan fingerprint density at radius 2 is 1.82 bits per heavy atom. The van der Waals surface area contributed by atoms with E-state index in [4.69, 9.17) is 5.73 Å². The molecule has 0 fully saturated rings. The standard InChI is InChI=1S/C16H17N5S/c1-21-15(14(17)11-12-5-3-2-4-6-12)19-20-16(21)22-13-7-9-18-10-8-13/h2-10,14H,11,17H2,1H3. The molecule has 2 N–H and O–H groups in total. The number of pyridine rings is 1. The summed E-state index contributed by atoms with van der Waals surface area (Å²) in [6.07, 6.45) is 4.27. The van der Waals surface area contributed by atoms with Gasteiger partial charge in [-0.1, -0.05) is 30.3 Å². The largest absolute Gasteiger partial charge is 0.321 e. The average molecular weight is 311 g/mol. The lowest BCUT2D eigenvalue weighted by Gasteiger charge is -2.11. The SMILES string of the molecule is Cn1c(Sc2ccncc2)nnc1C(N)Cc1ccccc1. The van der Waals surface area contributed by atoms with Gasteiger partial charge in [-0.3, -0.25) is 4.98 Å². The second-order valence-corrected chi connectivity index (χ2v) is 6.02. The van der Waals surface area contributed by atoms with Gasteiger partial charge in [0.1, 0.15) is 0 Å². The van der Waals surface area contributed by atoms with Crippen molar-refractivity contribution in [3.05, 3.63) is 66.2 Å². The number of benzene rings is 1. The lowest BCUT2D eigenvalue weighted by Crippen LogP contribution is -2.18. The molecule has 0 aliphatic heterocycles. The summed E-state index contributed by atoms with van der Waals surface area (Å²) < 4.78 is 1.96. The van der Waals surface area contributed by atoms with E-state index >= 15 is 0 Å². The normalized spacial score (nSPS) is 12.3. The number of rotatable bonds is 5. The van der Waals surface area contributed by atoms with E-state index in [0.29, 0.717) is 0 Å². The van der Waals surface area contributed by atoms with Crippen LogP contribution in [0.1, 0.15) is 17.4 Å². The van der Waals surface area contributed by atoms with Crippen molar-refractivity contribution in [1.82, 2.24) is 19.7 Å². The number of nitrogens with two attached hydrogens (primary N) is 1. The molecule has 3 aromatic rings. The van der Waals surface area contributed by atoms with E-state index in [2.05, 4.69) is 27.3 Å². The van der Waals surface area contributed by atoms with Gasteiger partial charge in [0, 0.05) is 24.3 Å². The first kappa shape index (κ1) is 14.7. The maximum absolute atomic E-state index is 6.29. The van der Waals surface area contributed by atoms with Crippen LogP contribution in [0, 0.1) is 0 Å². The minimum absolute atomic E-state index is 0.174. The van der Waals surface area contributed by atoms with Crippen LogP contribution in [0.4, 0.5) is 0 Å². The van der Waals surface area contributed by atoms with E-state index in [1.807, 2.05) is 41.9 Å². The zero-order chi connectivity index (χ0) is 15.4. The predicted molar refractivity (Wildman–Crippen MR) is 86.4 cm³/mol. The van der Waals surface area contributed by atoms with Crippen molar-refractivity contribution in [1.29, 1.82) is 0 Å². The Balaban J connectivity index is 1.75. The molecule has 0 radical (unpaired) electrons. The number of aromatic nitrogens is 4. The first-order valence-electron chi connectivity index (χ1n) is 7.00. The van der Waals surface area contributed by atoms with Crippen molar-refractivity contribution in [2.75, 3.05) is 0 Å². The molecule has 3 rings (SSSR count). The van der Waals surface area contributed by atoms with Crippen molar-refractivity contribution in [2.24, 2.45) is 12.8 Å². The zero-order valence-electron chi connectivity index (χ0n) is 12.3. The van der Waals surface area contributed by atoms with Gasteiger partial charge in [-0.05, 0) is 35.9 Å². The highest BCUT2D eigenvalue weighted by molar-refractivity contribution is 7.99. The molecule has 1 unspecified atom stereocenters. The van der Waals surface area contributed by atoms with Crippen molar-refractivity contribution in [3.63, 3.8) is 0 Å². The summed E-state index contributed by atoms with van der Waals surface area (Å²) in [5.41, 5.74) is 7.49. The van der Waals surface area contributed by atoms with Crippen LogP contribution in [0.5, 0.6) is 0 Å². The van der Waals surface area contributed by atoms with Crippen molar-refractivity contribution in [3.8, 4) is 0 Å². The Morgan fingerprint density at radius 3 is 2.55 bits per heavy atom. The second-order valence-electron chi connectivity index (χ2n) is 4.98. The molecular weight excluding hydrogens is 294 g/mol. The highest BCUT2D eigenvalue weighted by Crippen LogP contribution is 2.26. The quantitative estimate of drug-likeness (QED) is 0.784. The number of nitrogens with zero attached hydrogens (tertiary/aromatic N) is 4. The van der Waals surface area contributed by atoms with Gasteiger partial charge in [0.2, 0.25) is 0 Å². The van der Waals surface area contributed by atoms with Gasteiger partial charge < -0.3 is 10.3 Å². The van der Waals surface area contributed by atoms with Gasteiger partial charge in [-0.2, -0.15) is 0 Å². The molecule has 0 bridgehead atoms. The Kier molecular flexibility index (Phi) is 4.50. The van der Waals surface area contributed by atoms with E-state index in [-0.39, 0.29) is 6.04 Å². The van der Waals surface area contributed by atoms with Crippen LogP contribution in [0.15, 0.2) is 64.9 Å². The summed E-state index contributed by atoms with van der Waals surface area (Å²) in [5.74, 6) is 0.792. The van der Waals surface area contributed by atoms with Crippen molar-refractivity contribution in [2.45, 2.75) is 22.5 Å². The fraction of sp³-hybridized carbons (Fsp3) is 0.188. The minimum Gasteiger partial charge on any atom is -0.321 e. The molecule has 1 atom stereocenters. The van der Waals surface area contributed by atoms with E-state index in [1.165, 1.54) is 5.56 Å². The summed E-state index contributed by atoms with van der Waals surface area (Å²) >= 11 is 1.55. The monoisotopic (exact) mass is 311 g/mol. The van der Waals surface area contributed by atoms with Crippen LogP contribution in [0.2, 0.25) is 0 Å². The number of hydrogen-bond donors (Lipinski definition) is 1. The Labute approximate surface area is 133 Å². The topological polar surface area (TPSA) is 69.6 Å². The Hall–Kier alpha value is -2.18. The molecule has 6 heteroatoms. The van der Waals surface area contributed by atoms with Crippen LogP contribution in [0.25, 0.3) is 0 Å². The molecule has 2 heterocycles. The van der Waals surface area contributed by atoms with Gasteiger partial charge in [0.25, 0.3) is 0 Å². The molecule has 1 aromatic carbocycles. The highest BCUT2D eigenvalue weighted by Gasteiger charge is 2.16. The highest BCUT2D eigenvalue weighted by atomic mass is 32.2. The maximum Gasteiger partial charge on any atom is 0.195 e. The molecule has 0 spiro atoms. The van der Waals surface area contributed by atoms with Gasteiger partial charge >= 0.3 is 0 Å². The van der Waals surface area contributed by atoms with Crippen LogP contribution in [-0.4, -0.2) is 19.7 Å². The van der Waals surface area contributed by atoms with Crippen LogP contribution in [-0.2, 0) is 13.5 Å². The van der Waals surface area contributed by atoms with Gasteiger partial charge in [0.05, 0.1) is 6.04 Å². The first-order valence-corrected chi connectivity index (χ1v) is 7.82. The zero-order valence-corrected chi connectivity index (χ0v) is 13.1. The molecule has 0 amide bonds. The minimum atomic E-state index is -0.174. The molecule has 2 aromatic heterocycles. The molecule has 22 heavy (non-hydrogen) atoms. The fourth-order valence-corrected chi connectivity index (χ4v) is 2.99. The van der Waals surface area contributed by atoms with Crippen LogP contribution >= 0.6 is 11.8 Å². The Morgan fingerprint density at radius 1 is 1.09 bits per heavy atom. The third-order valence-electron chi connectivity index (χ3n) is 3.36. The van der Waals surface area contributed by atoms with Gasteiger partial charge in [0.15, 0.2) is 11.0 Å². The summed E-state index contributed by atoms with van der Waals surface area (Å²) in [5, 5.41) is 9.33. The van der Waals surface area contributed by atoms with E-state index < -0.39 is 0 Å². The first-order chi connectivity index (χ1) is 10.7. The summed E-state index contributed by atoms with van der Waals surface area (Å²) in [4.78, 5) is 5.09. The summed E-state index contributed by atoms with van der Waals surface area (Å²) in [6.45, 7) is 0. The van der Waals surface area contributed by atoms with Crippen molar-refractivity contribution >= 4 is 11.8 Å². The van der Waals surface area contributed by atoms with Crippen LogP contribution in [0.3, 0.4) is 0 Å². The van der Waals surface area contributed by atoms with E-state index in [1.54, 1.807) is 24.2 Å². The van der Waals surface area contributed by atoms with Gasteiger partial charge in [-0.15, -0.1) is 10.2 Å². The summed E-state index contributed by atoms with van der Waals surface area (Å²) in [6, 6.07) is 13.9. The van der Waals surface area contributed by atoms with Gasteiger partial charge in [-0.25, -0.2) is 0 Å². The van der Waals surface area contributed by atoms with Crippen LogP contribution < -0.4 is 5.73 Å². The molecule has 0 aliphatic rings. The summed E-state index contributed by atoms with van der Waals surface area (Å²) in [7, 11) is 1.95. The van der Waals surface area contributed by atoms with E-state index in [0.717, 1.165) is 22.3 Å². The number of hydrogen-bond acceptors (Lipinski definition) is 5. The lowest BCUT2D eigenvalue weighted by atomic mass is 10.1. The average Bonchev–Trinajstić information content (AvgIpc) is 2.90. The third kappa shape index (κ3) is 3.35. The van der Waals surface area contributed by atoms with Crippen molar-refractivity contribution < 1.29 is 0 Å². The molecule has 112 valence electrons. The molecule has 5 nitrogen and oxygen atoms in total. The molecule has 0 saturated heterocycles.